The van der Waals surface area contributed by atoms with Gasteiger partial charge < -0.3 is 14.6 Å². The van der Waals surface area contributed by atoms with Crippen LogP contribution in [0.5, 0.6) is 11.5 Å². The second kappa shape index (κ2) is 7.82. The van der Waals surface area contributed by atoms with Crippen molar-refractivity contribution in [1.82, 2.24) is 0 Å². The maximum Gasteiger partial charge on any atom is 0.573 e. The molecule has 0 saturated carbocycles. The van der Waals surface area contributed by atoms with Gasteiger partial charge in [0.2, 0.25) is 0 Å². The fraction of sp³-hybridized carbons (Fsp3) is 0.294. The molecule has 0 bridgehead atoms. The monoisotopic (exact) mass is 416 g/mol. The maximum atomic E-state index is 13.1. The van der Waals surface area contributed by atoms with Crippen LogP contribution in [0.2, 0.25) is 0 Å². The van der Waals surface area contributed by atoms with E-state index in [9.17, 15) is 35.1 Å². The second-order valence-electron chi connectivity index (χ2n) is 5.56. The topological polar surface area (TPSA) is 38.7 Å². The molecule has 0 unspecified atom stereocenters. The molecule has 0 heterocycles. The summed E-state index contributed by atoms with van der Waals surface area (Å²) in [7, 11) is 0. The Morgan fingerprint density at radius 3 is 2.00 bits per heavy atom. The Kier molecular flexibility index (Phi) is 6.07. The number of hydrogen-bond acceptors (Lipinski definition) is 3. The minimum atomic E-state index is -5.94. The Labute approximate surface area is 153 Å². The van der Waals surface area contributed by atoms with Gasteiger partial charge in [-0.05, 0) is 34.9 Å². The molecule has 2 aromatic rings. The molecule has 2 rings (SSSR count). The zero-order valence-corrected chi connectivity index (χ0v) is 13.7. The third-order valence-electron chi connectivity index (χ3n) is 3.44. The minimum Gasteiger partial charge on any atom is -0.483 e. The van der Waals surface area contributed by atoms with Crippen LogP contribution in [0.25, 0.3) is 11.1 Å². The summed E-state index contributed by atoms with van der Waals surface area (Å²) in [5, 5.41) is 9.13. The van der Waals surface area contributed by atoms with E-state index in [0.29, 0.717) is 11.1 Å². The highest BCUT2D eigenvalue weighted by atomic mass is 19.4. The van der Waals surface area contributed by atoms with E-state index in [1.165, 1.54) is 18.2 Å². The molecule has 1 N–H and O–H groups in total. The van der Waals surface area contributed by atoms with Crippen molar-refractivity contribution in [2.75, 3.05) is 6.61 Å². The van der Waals surface area contributed by atoms with Crippen molar-refractivity contribution < 1.29 is 49.7 Å². The van der Waals surface area contributed by atoms with E-state index in [2.05, 4.69) is 9.47 Å². The molecule has 28 heavy (non-hydrogen) atoms. The lowest BCUT2D eigenvalue weighted by atomic mass is 10.0. The lowest BCUT2D eigenvalue weighted by Crippen LogP contribution is -2.41. The summed E-state index contributed by atoms with van der Waals surface area (Å²) in [4.78, 5) is 0. The highest BCUT2D eigenvalue weighted by molar-refractivity contribution is 5.67. The average molecular weight is 416 g/mol. The van der Waals surface area contributed by atoms with E-state index in [0.717, 1.165) is 18.2 Å². The molecule has 11 heteroatoms. The predicted octanol–water partition coefficient (Wildman–Crippen LogP) is 5.32. The lowest BCUT2D eigenvalue weighted by molar-refractivity contribution is -0.291. The van der Waals surface area contributed by atoms with Crippen LogP contribution in [0.15, 0.2) is 42.5 Å². The van der Waals surface area contributed by atoms with Crippen LogP contribution in [0.4, 0.5) is 35.1 Å². The van der Waals surface area contributed by atoms with Gasteiger partial charge in [-0.25, -0.2) is 0 Å². The number of aliphatic hydroxyl groups excluding tert-OH is 1. The lowest BCUT2D eigenvalue weighted by Gasteiger charge is -2.21. The molecule has 0 aliphatic carbocycles. The molecular formula is C17H12F8O3. The highest BCUT2D eigenvalue weighted by Crippen LogP contribution is 2.39. The third kappa shape index (κ3) is 5.47. The molecular weight excluding hydrogens is 404 g/mol. The number of alkyl halides is 8. The fourth-order valence-electron chi connectivity index (χ4n) is 2.11. The van der Waals surface area contributed by atoms with Crippen LogP contribution < -0.4 is 9.47 Å². The van der Waals surface area contributed by atoms with E-state index in [-0.39, 0.29) is 12.2 Å². The first-order valence-corrected chi connectivity index (χ1v) is 7.50. The molecule has 3 nitrogen and oxygen atoms in total. The van der Waals surface area contributed by atoms with Gasteiger partial charge in [-0.1, -0.05) is 24.3 Å². The summed E-state index contributed by atoms with van der Waals surface area (Å²) < 4.78 is 108. The summed E-state index contributed by atoms with van der Waals surface area (Å²) in [5.74, 6) is -7.31. The molecule has 0 radical (unpaired) electrons. The molecule has 0 aliphatic heterocycles. The van der Waals surface area contributed by atoms with Crippen molar-refractivity contribution in [2.24, 2.45) is 0 Å². The zero-order chi connectivity index (χ0) is 21.2. The summed E-state index contributed by atoms with van der Waals surface area (Å²) >= 11 is 0. The molecule has 0 spiro atoms. The quantitative estimate of drug-likeness (QED) is 0.648. The predicted molar refractivity (Wildman–Crippen MR) is 81.0 cm³/mol. The van der Waals surface area contributed by atoms with Gasteiger partial charge in [-0.15, -0.1) is 13.2 Å². The van der Waals surface area contributed by atoms with Crippen molar-refractivity contribution in [2.45, 2.75) is 25.1 Å². The summed E-state index contributed by atoms with van der Waals surface area (Å²) in [6, 6.07) is 8.71. The van der Waals surface area contributed by atoms with Crippen LogP contribution in [0.3, 0.4) is 0 Å². The zero-order valence-electron chi connectivity index (χ0n) is 13.7. The average Bonchev–Trinajstić information content (AvgIpc) is 2.58. The van der Waals surface area contributed by atoms with Crippen molar-refractivity contribution in [1.29, 1.82) is 0 Å². The van der Waals surface area contributed by atoms with Crippen LogP contribution in [0, 0.1) is 0 Å². The smallest absolute Gasteiger partial charge is 0.483 e. The Hall–Kier alpha value is -2.56. The highest BCUT2D eigenvalue weighted by Gasteiger charge is 2.58. The number of hydrogen-bond donors (Lipinski definition) is 1. The van der Waals surface area contributed by atoms with Crippen molar-refractivity contribution >= 4 is 0 Å². The first-order valence-electron chi connectivity index (χ1n) is 7.50. The molecule has 0 fully saturated rings. The number of ether oxygens (including phenoxy) is 2. The Morgan fingerprint density at radius 2 is 1.43 bits per heavy atom. The van der Waals surface area contributed by atoms with E-state index in [4.69, 9.17) is 5.11 Å². The molecule has 0 atom stereocenters. The molecule has 0 aliphatic rings. The van der Waals surface area contributed by atoms with Crippen LogP contribution in [-0.4, -0.2) is 30.2 Å². The van der Waals surface area contributed by atoms with Crippen LogP contribution in [-0.2, 0) is 6.61 Å². The largest absolute Gasteiger partial charge is 0.573 e. The molecule has 0 amide bonds. The molecule has 2 aromatic carbocycles. The number of benzene rings is 2. The van der Waals surface area contributed by atoms with Gasteiger partial charge in [0.05, 0.1) is 6.61 Å². The third-order valence-corrected chi connectivity index (χ3v) is 3.44. The first kappa shape index (κ1) is 21.7. The Balaban J connectivity index is 2.40. The van der Waals surface area contributed by atoms with Crippen molar-refractivity contribution in [3.05, 3.63) is 48.0 Å². The molecule has 0 aromatic heterocycles. The van der Waals surface area contributed by atoms with Gasteiger partial charge in [0.15, 0.2) is 18.1 Å². The van der Waals surface area contributed by atoms with Crippen LogP contribution in [0.1, 0.15) is 5.56 Å². The van der Waals surface area contributed by atoms with Gasteiger partial charge in [0.25, 0.3) is 0 Å². The van der Waals surface area contributed by atoms with Crippen LogP contribution >= 0.6 is 0 Å². The minimum absolute atomic E-state index is 0.148. The number of aliphatic hydroxyl groups is 1. The summed E-state index contributed by atoms with van der Waals surface area (Å²) in [5.41, 5.74) is 0.951. The van der Waals surface area contributed by atoms with Crippen molar-refractivity contribution in [3.8, 4) is 22.6 Å². The summed E-state index contributed by atoms with van der Waals surface area (Å²) in [6.45, 7) is -2.57. The van der Waals surface area contributed by atoms with E-state index < -0.39 is 36.6 Å². The molecule has 154 valence electrons. The standard InChI is InChI=1S/C17H12F8O3/c18-15(19,16(20,21)22)9-27-14-7-12(4-5-13(14)28-17(23,24)25)11-3-1-2-10(6-11)8-26/h1-7,26H,8-9H2. The van der Waals surface area contributed by atoms with Crippen molar-refractivity contribution in [3.63, 3.8) is 0 Å². The Morgan fingerprint density at radius 1 is 0.786 bits per heavy atom. The second-order valence-corrected chi connectivity index (χ2v) is 5.56. The fourth-order valence-corrected chi connectivity index (χ4v) is 2.11. The Bertz CT molecular complexity index is 815. The normalized spacial score (nSPS) is 12.8. The van der Waals surface area contributed by atoms with E-state index in [1.54, 1.807) is 6.07 Å². The van der Waals surface area contributed by atoms with E-state index in [1.807, 2.05) is 0 Å². The van der Waals surface area contributed by atoms with Gasteiger partial charge >= 0.3 is 18.5 Å². The van der Waals surface area contributed by atoms with Gasteiger partial charge in [-0.2, -0.15) is 22.0 Å². The maximum absolute atomic E-state index is 13.1. The van der Waals surface area contributed by atoms with Gasteiger partial charge in [-0.3, -0.25) is 0 Å². The summed E-state index contributed by atoms with van der Waals surface area (Å²) in [6.07, 6.45) is -11.2. The molecule has 0 saturated heterocycles. The van der Waals surface area contributed by atoms with E-state index >= 15 is 0 Å². The first-order chi connectivity index (χ1) is 12.8. The number of halogens is 8. The SMILES string of the molecule is OCc1cccc(-c2ccc(OC(F)(F)F)c(OCC(F)(F)C(F)(F)F)c2)c1. The number of rotatable bonds is 6. The van der Waals surface area contributed by atoms with Gasteiger partial charge in [0.1, 0.15) is 0 Å². The van der Waals surface area contributed by atoms with Gasteiger partial charge in [0, 0.05) is 0 Å².